The highest BCUT2D eigenvalue weighted by molar-refractivity contribution is 6.34. The molecule has 0 aromatic carbocycles. The van der Waals surface area contributed by atoms with Crippen molar-refractivity contribution >= 4 is 20.0 Å². The molecule has 0 saturated carbocycles. The zero-order valence-electron chi connectivity index (χ0n) is 7.61. The van der Waals surface area contributed by atoms with Gasteiger partial charge in [-0.3, -0.25) is 29.6 Å². The van der Waals surface area contributed by atoms with Crippen LogP contribution in [0.3, 0.4) is 0 Å². The van der Waals surface area contributed by atoms with Crippen molar-refractivity contribution in [3.8, 4) is 0 Å². The summed E-state index contributed by atoms with van der Waals surface area (Å²) >= 11 is 0. The van der Waals surface area contributed by atoms with Gasteiger partial charge in [-0.1, -0.05) is 0 Å². The minimum atomic E-state index is -1.32. The Balaban J connectivity index is 1.69. The van der Waals surface area contributed by atoms with E-state index < -0.39 is 7.32 Å². The number of nitrogens with zero attached hydrogens (tertiary/aromatic N) is 4. The summed E-state index contributed by atoms with van der Waals surface area (Å²) in [6.45, 7) is 2.62. The van der Waals surface area contributed by atoms with Crippen molar-refractivity contribution in [1.29, 1.82) is 0 Å². The molecule has 2 rings (SSSR count). The fourth-order valence-electron chi connectivity index (χ4n) is 1.14. The molecule has 0 saturated heterocycles. The second-order valence-electron chi connectivity index (χ2n) is 2.84. The normalized spacial score (nSPS) is 19.8. The number of hydrogen-bond donors (Lipinski definition) is 1. The number of aliphatic imine (C=N–C) groups is 2. The lowest BCUT2D eigenvalue weighted by Crippen LogP contribution is -2.38. The van der Waals surface area contributed by atoms with Gasteiger partial charge in [-0.25, -0.2) is 0 Å². The molecule has 14 heavy (non-hydrogen) atoms. The first-order valence-electron chi connectivity index (χ1n) is 4.39. The smallest absolute Gasteiger partial charge is 0.399 e. The van der Waals surface area contributed by atoms with E-state index in [-0.39, 0.29) is 0 Å². The van der Waals surface area contributed by atoms with Gasteiger partial charge in [0, 0.05) is 0 Å². The predicted molar refractivity (Wildman–Crippen MR) is 50.3 cm³/mol. The van der Waals surface area contributed by atoms with Gasteiger partial charge >= 0.3 is 7.32 Å². The van der Waals surface area contributed by atoms with E-state index in [1.54, 1.807) is 0 Å². The maximum absolute atomic E-state index is 9.32. The number of hydroxylamine groups is 4. The van der Waals surface area contributed by atoms with Crippen molar-refractivity contribution in [2.45, 2.75) is 0 Å². The van der Waals surface area contributed by atoms with Crippen molar-refractivity contribution < 1.29 is 14.5 Å². The van der Waals surface area contributed by atoms with Crippen molar-refractivity contribution in [2.24, 2.45) is 9.98 Å². The molecule has 0 aromatic heterocycles. The van der Waals surface area contributed by atoms with E-state index in [1.807, 2.05) is 0 Å². The van der Waals surface area contributed by atoms with Gasteiger partial charge in [0.25, 0.3) is 0 Å². The predicted octanol–water partition coefficient (Wildman–Crippen LogP) is -1.49. The van der Waals surface area contributed by atoms with Crippen LogP contribution in [-0.4, -0.2) is 61.3 Å². The monoisotopic (exact) mass is 198 g/mol. The molecule has 1 N–H and O–H groups in total. The average molecular weight is 198 g/mol. The van der Waals surface area contributed by atoms with Crippen LogP contribution in [0.25, 0.3) is 0 Å². The Labute approximate surface area is 81.7 Å². The third-order valence-corrected chi connectivity index (χ3v) is 1.77. The lowest BCUT2D eigenvalue weighted by atomic mass is 10.3. The zero-order chi connectivity index (χ0) is 9.80. The molecule has 7 nitrogen and oxygen atoms in total. The van der Waals surface area contributed by atoms with Crippen LogP contribution >= 0.6 is 0 Å². The maximum atomic E-state index is 9.32. The van der Waals surface area contributed by atoms with Gasteiger partial charge in [0.15, 0.2) is 0 Å². The topological polar surface area (TPSA) is 69.9 Å². The Bertz CT molecular complexity index is 225. The van der Waals surface area contributed by atoms with Crippen LogP contribution in [0.4, 0.5) is 0 Å². The van der Waals surface area contributed by atoms with E-state index in [0.717, 1.165) is 0 Å². The standard InChI is InChI=1S/C6H11BN4O3/c12-7(13-10-3-1-8-5-10)14-11-4-2-9-6-11/h5-6,12H,1-4H2. The fraction of sp³-hybridized carbons (Fsp3) is 0.667. The van der Waals surface area contributed by atoms with Crippen LogP contribution in [0.15, 0.2) is 9.98 Å². The summed E-state index contributed by atoms with van der Waals surface area (Å²) in [5.41, 5.74) is 0. The van der Waals surface area contributed by atoms with E-state index in [0.29, 0.717) is 26.2 Å². The number of hydrogen-bond acceptors (Lipinski definition) is 7. The second kappa shape index (κ2) is 4.40. The van der Waals surface area contributed by atoms with Crippen LogP contribution in [0, 0.1) is 0 Å². The molecule has 0 unspecified atom stereocenters. The quantitative estimate of drug-likeness (QED) is 0.557. The molecular formula is C6H11BN4O3. The van der Waals surface area contributed by atoms with Crippen molar-refractivity contribution in [3.63, 3.8) is 0 Å². The second-order valence-corrected chi connectivity index (χ2v) is 2.84. The van der Waals surface area contributed by atoms with Crippen LogP contribution in [0.5, 0.6) is 0 Å². The molecule has 0 atom stereocenters. The van der Waals surface area contributed by atoms with Gasteiger partial charge in [0.2, 0.25) is 0 Å². The van der Waals surface area contributed by atoms with E-state index in [2.05, 4.69) is 9.98 Å². The molecule has 0 fully saturated rings. The molecule has 0 aromatic rings. The largest absolute Gasteiger partial charge is 0.682 e. The Kier molecular flexibility index (Phi) is 2.97. The van der Waals surface area contributed by atoms with Crippen molar-refractivity contribution in [3.05, 3.63) is 0 Å². The lowest BCUT2D eigenvalue weighted by molar-refractivity contribution is -0.0874. The summed E-state index contributed by atoms with van der Waals surface area (Å²) < 4.78 is 9.97. The van der Waals surface area contributed by atoms with Gasteiger partial charge < -0.3 is 5.02 Å². The van der Waals surface area contributed by atoms with Crippen molar-refractivity contribution in [1.82, 2.24) is 10.1 Å². The minimum absolute atomic E-state index is 0.633. The molecular weight excluding hydrogens is 187 g/mol. The molecule has 0 amide bonds. The molecule has 76 valence electrons. The Morgan fingerprint density at radius 3 is 1.93 bits per heavy atom. The minimum Gasteiger partial charge on any atom is -0.399 e. The van der Waals surface area contributed by atoms with Gasteiger partial charge in [0.1, 0.15) is 12.7 Å². The molecule has 2 aliphatic heterocycles. The Hall–Kier alpha value is -1.12. The summed E-state index contributed by atoms with van der Waals surface area (Å²) in [5, 5.41) is 12.2. The summed E-state index contributed by atoms with van der Waals surface area (Å²) in [4.78, 5) is 7.84. The van der Waals surface area contributed by atoms with E-state index >= 15 is 0 Å². The van der Waals surface area contributed by atoms with Crippen LogP contribution < -0.4 is 0 Å². The van der Waals surface area contributed by atoms with Gasteiger partial charge in [0.05, 0.1) is 26.2 Å². The fourth-order valence-corrected chi connectivity index (χ4v) is 1.14. The van der Waals surface area contributed by atoms with E-state index in [4.69, 9.17) is 9.51 Å². The van der Waals surface area contributed by atoms with Crippen LogP contribution in [0.1, 0.15) is 0 Å². The third kappa shape index (κ3) is 2.44. The van der Waals surface area contributed by atoms with Gasteiger partial charge in [-0.2, -0.15) is 0 Å². The van der Waals surface area contributed by atoms with Gasteiger partial charge in [-0.15, -0.1) is 0 Å². The first-order chi connectivity index (χ1) is 6.84. The maximum Gasteiger partial charge on any atom is 0.682 e. The summed E-state index contributed by atoms with van der Waals surface area (Å²) in [7, 11) is -1.32. The highest BCUT2D eigenvalue weighted by Crippen LogP contribution is 2.00. The van der Waals surface area contributed by atoms with Crippen molar-refractivity contribution in [2.75, 3.05) is 26.2 Å². The molecule has 2 aliphatic rings. The SMILES string of the molecule is OB(ON1C=NCC1)ON1C=NCC1. The first-order valence-corrected chi connectivity index (χ1v) is 4.39. The van der Waals surface area contributed by atoms with E-state index in [9.17, 15) is 5.02 Å². The average Bonchev–Trinajstić information content (AvgIpc) is 2.76. The molecule has 2 heterocycles. The zero-order valence-corrected chi connectivity index (χ0v) is 7.61. The Morgan fingerprint density at radius 2 is 1.57 bits per heavy atom. The van der Waals surface area contributed by atoms with Gasteiger partial charge in [-0.05, 0) is 0 Å². The number of rotatable bonds is 4. The molecule has 8 heteroatoms. The first kappa shape index (κ1) is 9.44. The van der Waals surface area contributed by atoms with E-state index in [1.165, 1.54) is 22.8 Å². The summed E-state index contributed by atoms with van der Waals surface area (Å²) in [6, 6.07) is 0. The third-order valence-electron chi connectivity index (χ3n) is 1.77. The molecule has 0 radical (unpaired) electrons. The molecule has 0 bridgehead atoms. The lowest BCUT2D eigenvalue weighted by Gasteiger charge is -2.19. The molecule has 0 aliphatic carbocycles. The van der Waals surface area contributed by atoms with Crippen LogP contribution in [0.2, 0.25) is 0 Å². The Morgan fingerprint density at radius 1 is 1.07 bits per heavy atom. The molecule has 0 spiro atoms. The summed E-state index contributed by atoms with van der Waals surface area (Å²) in [6.07, 6.45) is 3.04. The highest BCUT2D eigenvalue weighted by Gasteiger charge is 2.25. The van der Waals surface area contributed by atoms with Crippen LogP contribution in [-0.2, 0) is 9.51 Å². The summed E-state index contributed by atoms with van der Waals surface area (Å²) in [5.74, 6) is 0. The highest BCUT2D eigenvalue weighted by atomic mass is 16.8.